The molecular weight excluding hydrogens is 303 g/mol. The molecule has 2 rings (SSSR count). The molecule has 21 heavy (non-hydrogen) atoms. The molecule has 0 heterocycles. The minimum atomic E-state index is -1.46. The molecule has 0 saturated heterocycles. The maximum atomic E-state index is 13.8. The summed E-state index contributed by atoms with van der Waals surface area (Å²) in [4.78, 5) is 3.73. The summed E-state index contributed by atoms with van der Waals surface area (Å²) in [6.07, 6.45) is 1.27. The number of methoxy groups -OCH3 is 1. The van der Waals surface area contributed by atoms with Gasteiger partial charge in [-0.1, -0.05) is 41.4 Å². The molecule has 2 aromatic rings. The fraction of sp³-hybridized carbons (Fsp3) is 0.133. The van der Waals surface area contributed by atoms with Crippen molar-refractivity contribution >= 4 is 23.5 Å². The first-order chi connectivity index (χ1) is 9.95. The average Bonchev–Trinajstić information content (AvgIpc) is 2.48. The van der Waals surface area contributed by atoms with Crippen LogP contribution in [0.25, 0.3) is 0 Å². The summed E-state index contributed by atoms with van der Waals surface area (Å²) in [5.74, 6) is -4.88. The molecule has 0 atom stereocenters. The highest BCUT2D eigenvalue weighted by molar-refractivity contribution is 6.33. The lowest BCUT2D eigenvalue weighted by Gasteiger charge is -2.08. The molecule has 0 aromatic heterocycles. The van der Waals surface area contributed by atoms with Crippen LogP contribution >= 0.6 is 11.6 Å². The molecule has 0 fully saturated rings. The third-order valence-electron chi connectivity index (χ3n) is 2.82. The Balaban J connectivity index is 2.47. The summed E-state index contributed by atoms with van der Waals surface area (Å²) in [6.45, 7) is 1.91. The highest BCUT2D eigenvalue weighted by Gasteiger charge is 2.24. The van der Waals surface area contributed by atoms with Crippen molar-refractivity contribution in [3.8, 4) is 5.75 Å². The third kappa shape index (κ3) is 3.03. The van der Waals surface area contributed by atoms with Crippen molar-refractivity contribution in [3.63, 3.8) is 0 Å². The summed E-state index contributed by atoms with van der Waals surface area (Å²) in [6, 6.07) is 7.13. The van der Waals surface area contributed by atoms with Crippen LogP contribution in [0.2, 0.25) is 5.02 Å². The molecular formula is C15H11ClF3NO. The van der Waals surface area contributed by atoms with Gasteiger partial charge in [0, 0.05) is 6.21 Å². The van der Waals surface area contributed by atoms with Crippen molar-refractivity contribution in [2.75, 3.05) is 7.11 Å². The molecule has 6 heteroatoms. The Morgan fingerprint density at radius 3 is 2.24 bits per heavy atom. The monoisotopic (exact) mass is 313 g/mol. The zero-order valence-corrected chi connectivity index (χ0v) is 12.0. The normalized spacial score (nSPS) is 11.1. The van der Waals surface area contributed by atoms with Crippen LogP contribution < -0.4 is 4.74 Å². The summed E-state index contributed by atoms with van der Waals surface area (Å²) >= 11 is 5.67. The van der Waals surface area contributed by atoms with Crippen LogP contribution in [0.3, 0.4) is 0 Å². The van der Waals surface area contributed by atoms with Gasteiger partial charge in [-0.3, -0.25) is 4.99 Å². The molecule has 0 amide bonds. The SMILES string of the molecule is COc1c(F)c(F)c(N=Cc2ccc(C)cc2)c(Cl)c1F. The molecule has 0 spiro atoms. The van der Waals surface area contributed by atoms with Gasteiger partial charge in [0.25, 0.3) is 0 Å². The maximum Gasteiger partial charge on any atom is 0.206 e. The average molecular weight is 314 g/mol. The van der Waals surface area contributed by atoms with E-state index in [1.807, 2.05) is 19.1 Å². The van der Waals surface area contributed by atoms with Gasteiger partial charge in [-0.15, -0.1) is 0 Å². The van der Waals surface area contributed by atoms with Crippen LogP contribution in [0.4, 0.5) is 18.9 Å². The number of rotatable bonds is 3. The zero-order chi connectivity index (χ0) is 15.6. The number of aliphatic imine (C=N–C) groups is 1. The highest BCUT2D eigenvalue weighted by atomic mass is 35.5. The zero-order valence-electron chi connectivity index (χ0n) is 11.3. The second-order valence-corrected chi connectivity index (χ2v) is 4.68. The van der Waals surface area contributed by atoms with Gasteiger partial charge in [-0.05, 0) is 12.5 Å². The van der Waals surface area contributed by atoms with Gasteiger partial charge < -0.3 is 4.74 Å². The molecule has 0 aliphatic heterocycles. The van der Waals surface area contributed by atoms with Crippen LogP contribution in [-0.4, -0.2) is 13.3 Å². The van der Waals surface area contributed by atoms with Crippen molar-refractivity contribution in [3.05, 3.63) is 57.9 Å². The predicted molar refractivity (Wildman–Crippen MR) is 76.3 cm³/mol. The number of hydrogen-bond donors (Lipinski definition) is 0. The van der Waals surface area contributed by atoms with Crippen LogP contribution in [0.15, 0.2) is 29.3 Å². The number of halogens is 4. The molecule has 0 aliphatic carbocycles. The van der Waals surface area contributed by atoms with Gasteiger partial charge in [0.2, 0.25) is 5.82 Å². The highest BCUT2D eigenvalue weighted by Crippen LogP contribution is 2.38. The Labute approximate surface area is 124 Å². The van der Waals surface area contributed by atoms with E-state index in [1.54, 1.807) is 12.1 Å². The molecule has 0 saturated carbocycles. The molecule has 0 bridgehead atoms. The minimum absolute atomic E-state index is 0.604. The molecule has 0 aliphatic rings. The van der Waals surface area contributed by atoms with Crippen LogP contribution in [0, 0.1) is 24.4 Å². The van der Waals surface area contributed by atoms with Gasteiger partial charge >= 0.3 is 0 Å². The molecule has 2 aromatic carbocycles. The van der Waals surface area contributed by atoms with E-state index in [2.05, 4.69) is 9.73 Å². The minimum Gasteiger partial charge on any atom is -0.491 e. The Hall–Kier alpha value is -2.01. The van der Waals surface area contributed by atoms with Gasteiger partial charge in [0.05, 0.1) is 7.11 Å². The number of aryl methyl sites for hydroxylation is 1. The van der Waals surface area contributed by atoms with Crippen molar-refractivity contribution < 1.29 is 17.9 Å². The summed E-state index contributed by atoms with van der Waals surface area (Å²) < 4.78 is 45.6. The van der Waals surface area contributed by atoms with E-state index in [4.69, 9.17) is 11.6 Å². The van der Waals surface area contributed by atoms with E-state index in [9.17, 15) is 13.2 Å². The van der Waals surface area contributed by atoms with E-state index in [0.717, 1.165) is 12.7 Å². The second kappa shape index (κ2) is 6.18. The number of nitrogens with zero attached hydrogens (tertiary/aromatic N) is 1. The quantitative estimate of drug-likeness (QED) is 0.588. The number of ether oxygens (including phenoxy) is 1. The molecule has 0 radical (unpaired) electrons. The lowest BCUT2D eigenvalue weighted by atomic mass is 10.2. The Bertz CT molecular complexity index is 670. The smallest absolute Gasteiger partial charge is 0.206 e. The van der Waals surface area contributed by atoms with Crippen LogP contribution in [-0.2, 0) is 0 Å². The van der Waals surface area contributed by atoms with Gasteiger partial charge in [0.1, 0.15) is 10.7 Å². The number of benzene rings is 2. The Morgan fingerprint density at radius 2 is 1.67 bits per heavy atom. The summed E-state index contributed by atoms with van der Waals surface area (Å²) in [7, 11) is 1.02. The summed E-state index contributed by atoms with van der Waals surface area (Å²) in [5.41, 5.74) is 1.08. The van der Waals surface area contributed by atoms with E-state index < -0.39 is 33.9 Å². The first-order valence-electron chi connectivity index (χ1n) is 5.96. The fourth-order valence-corrected chi connectivity index (χ4v) is 1.90. The van der Waals surface area contributed by atoms with E-state index >= 15 is 0 Å². The topological polar surface area (TPSA) is 21.6 Å². The van der Waals surface area contributed by atoms with Crippen molar-refractivity contribution in [1.29, 1.82) is 0 Å². The van der Waals surface area contributed by atoms with Crippen molar-refractivity contribution in [2.24, 2.45) is 4.99 Å². The van der Waals surface area contributed by atoms with Gasteiger partial charge in [-0.25, -0.2) is 8.78 Å². The third-order valence-corrected chi connectivity index (χ3v) is 3.17. The maximum absolute atomic E-state index is 13.8. The second-order valence-electron chi connectivity index (χ2n) is 4.31. The standard InChI is InChI=1S/C15H11ClF3NO/c1-8-3-5-9(6-4-8)7-20-14-10(16)11(17)15(21-2)13(19)12(14)18/h3-7H,1-2H3. The first-order valence-corrected chi connectivity index (χ1v) is 6.34. The predicted octanol–water partition coefficient (Wildman–Crippen LogP) is 4.82. The molecule has 2 nitrogen and oxygen atoms in total. The van der Waals surface area contributed by atoms with Crippen molar-refractivity contribution in [1.82, 2.24) is 0 Å². The van der Waals surface area contributed by atoms with E-state index in [1.165, 1.54) is 6.21 Å². The summed E-state index contributed by atoms with van der Waals surface area (Å²) in [5, 5.41) is -0.630. The lowest BCUT2D eigenvalue weighted by molar-refractivity contribution is 0.347. The van der Waals surface area contributed by atoms with Crippen LogP contribution in [0.5, 0.6) is 5.75 Å². The van der Waals surface area contributed by atoms with Crippen molar-refractivity contribution in [2.45, 2.75) is 6.92 Å². The molecule has 110 valence electrons. The van der Waals surface area contributed by atoms with Gasteiger partial charge in [0.15, 0.2) is 17.4 Å². The van der Waals surface area contributed by atoms with Crippen LogP contribution in [0.1, 0.15) is 11.1 Å². The lowest BCUT2D eigenvalue weighted by Crippen LogP contribution is -1.98. The van der Waals surface area contributed by atoms with Gasteiger partial charge in [-0.2, -0.15) is 4.39 Å². The van der Waals surface area contributed by atoms with E-state index in [0.29, 0.717) is 5.56 Å². The number of hydrogen-bond acceptors (Lipinski definition) is 2. The first kappa shape index (κ1) is 15.4. The molecule has 0 unspecified atom stereocenters. The Morgan fingerprint density at radius 1 is 1.05 bits per heavy atom. The fourth-order valence-electron chi connectivity index (χ4n) is 1.68. The Kier molecular flexibility index (Phi) is 4.53. The largest absolute Gasteiger partial charge is 0.491 e. The molecule has 0 N–H and O–H groups in total. The van der Waals surface area contributed by atoms with E-state index in [-0.39, 0.29) is 0 Å².